The Hall–Kier alpha value is -1.09. The van der Waals surface area contributed by atoms with E-state index in [1.165, 1.54) is 36.6 Å². The van der Waals surface area contributed by atoms with Crippen LogP contribution >= 0.6 is 15.9 Å². The zero-order valence-electron chi connectivity index (χ0n) is 11.5. The van der Waals surface area contributed by atoms with Crippen molar-refractivity contribution in [2.75, 3.05) is 0 Å². The highest BCUT2D eigenvalue weighted by Crippen LogP contribution is 2.37. The van der Waals surface area contributed by atoms with Crippen LogP contribution in [0.4, 0.5) is 0 Å². The average molecular weight is 322 g/mol. The molecule has 0 unspecified atom stereocenters. The summed E-state index contributed by atoms with van der Waals surface area (Å²) in [5.74, 6) is 0.584. The number of aldehydes is 1. The first-order valence-corrected chi connectivity index (χ1v) is 7.76. The van der Waals surface area contributed by atoms with Crippen LogP contribution in [0.5, 0.6) is 0 Å². The van der Waals surface area contributed by atoms with Gasteiger partial charge in [-0.3, -0.25) is 4.79 Å². The fraction of sp³-hybridized carbons (Fsp3) is 0.438. The topological polar surface area (TPSA) is 32.9 Å². The van der Waals surface area contributed by atoms with Gasteiger partial charge in [0.15, 0.2) is 0 Å². The second-order valence-electron chi connectivity index (χ2n) is 5.05. The molecule has 0 spiro atoms. The molecule has 0 saturated carbocycles. The Balaban J connectivity index is 2.51. The SMILES string of the molecule is CCCC(CCC)c1c(Br)[nH]c2cc(C=O)ccc12. The van der Waals surface area contributed by atoms with Crippen LogP contribution in [0.2, 0.25) is 0 Å². The number of hydrogen-bond acceptors (Lipinski definition) is 1. The van der Waals surface area contributed by atoms with E-state index in [-0.39, 0.29) is 0 Å². The zero-order valence-corrected chi connectivity index (χ0v) is 13.1. The van der Waals surface area contributed by atoms with E-state index < -0.39 is 0 Å². The first kappa shape index (κ1) is 14.3. The summed E-state index contributed by atoms with van der Waals surface area (Å²) in [6.45, 7) is 4.46. The molecule has 1 heterocycles. The van der Waals surface area contributed by atoms with Crippen molar-refractivity contribution in [2.45, 2.75) is 45.4 Å². The van der Waals surface area contributed by atoms with Crippen molar-refractivity contribution in [3.8, 4) is 0 Å². The average Bonchev–Trinajstić information content (AvgIpc) is 2.73. The minimum absolute atomic E-state index is 0.584. The fourth-order valence-corrected chi connectivity index (χ4v) is 3.56. The van der Waals surface area contributed by atoms with Crippen molar-refractivity contribution in [1.82, 2.24) is 4.98 Å². The molecule has 0 aliphatic rings. The van der Waals surface area contributed by atoms with E-state index in [0.29, 0.717) is 5.92 Å². The first-order chi connectivity index (χ1) is 9.21. The fourth-order valence-electron chi connectivity index (χ4n) is 2.81. The van der Waals surface area contributed by atoms with Crippen LogP contribution in [0.3, 0.4) is 0 Å². The Labute approximate surface area is 122 Å². The van der Waals surface area contributed by atoms with Gasteiger partial charge in [0.2, 0.25) is 0 Å². The van der Waals surface area contributed by atoms with E-state index in [9.17, 15) is 4.79 Å². The molecule has 1 aromatic heterocycles. The summed E-state index contributed by atoms with van der Waals surface area (Å²) in [6, 6.07) is 5.88. The van der Waals surface area contributed by atoms with Gasteiger partial charge in [-0.05, 0) is 46.3 Å². The molecule has 0 aliphatic carbocycles. The van der Waals surface area contributed by atoms with E-state index >= 15 is 0 Å². The number of rotatable bonds is 6. The predicted octanol–water partition coefficient (Wildman–Crippen LogP) is 5.43. The molecule has 2 rings (SSSR count). The lowest BCUT2D eigenvalue weighted by Crippen LogP contribution is -1.98. The van der Waals surface area contributed by atoms with Crippen molar-refractivity contribution < 1.29 is 4.79 Å². The van der Waals surface area contributed by atoms with Crippen LogP contribution in [0.15, 0.2) is 22.8 Å². The van der Waals surface area contributed by atoms with Crippen molar-refractivity contribution >= 4 is 33.1 Å². The van der Waals surface area contributed by atoms with Gasteiger partial charge in [-0.25, -0.2) is 0 Å². The van der Waals surface area contributed by atoms with Gasteiger partial charge in [0.05, 0.1) is 4.60 Å². The summed E-state index contributed by atoms with van der Waals surface area (Å²) < 4.78 is 1.07. The summed E-state index contributed by atoms with van der Waals surface area (Å²) in [6.07, 6.45) is 5.68. The van der Waals surface area contributed by atoms with E-state index in [1.807, 2.05) is 12.1 Å². The number of fused-ring (bicyclic) bond motifs is 1. The van der Waals surface area contributed by atoms with Gasteiger partial charge < -0.3 is 4.98 Å². The standard InChI is InChI=1S/C16H20BrNO/c1-3-5-12(6-4-2)15-13-8-7-11(10-19)9-14(13)18-16(15)17/h7-10,12,18H,3-6H2,1-2H3. The Kier molecular flexibility index (Phi) is 4.81. The maximum Gasteiger partial charge on any atom is 0.150 e. The number of aromatic amines is 1. The zero-order chi connectivity index (χ0) is 13.8. The number of carbonyl (C=O) groups is 1. The third-order valence-electron chi connectivity index (χ3n) is 3.63. The number of H-pyrrole nitrogens is 1. The van der Waals surface area contributed by atoms with E-state index in [0.717, 1.165) is 22.0 Å². The molecule has 2 aromatic rings. The molecule has 0 radical (unpaired) electrons. The van der Waals surface area contributed by atoms with Crippen LogP contribution in [-0.2, 0) is 0 Å². The smallest absolute Gasteiger partial charge is 0.150 e. The maximum absolute atomic E-state index is 10.9. The molecule has 0 atom stereocenters. The Morgan fingerprint density at radius 1 is 1.26 bits per heavy atom. The lowest BCUT2D eigenvalue weighted by atomic mass is 9.90. The molecular weight excluding hydrogens is 302 g/mol. The number of hydrogen-bond donors (Lipinski definition) is 1. The van der Waals surface area contributed by atoms with Crippen molar-refractivity contribution in [3.05, 3.63) is 33.9 Å². The van der Waals surface area contributed by atoms with Crippen LogP contribution in [-0.4, -0.2) is 11.3 Å². The van der Waals surface area contributed by atoms with E-state index in [4.69, 9.17) is 0 Å². The lowest BCUT2D eigenvalue weighted by Gasteiger charge is -2.15. The normalized spacial score (nSPS) is 11.4. The molecule has 1 aromatic carbocycles. The molecule has 19 heavy (non-hydrogen) atoms. The Morgan fingerprint density at radius 3 is 2.53 bits per heavy atom. The number of nitrogens with one attached hydrogen (secondary N) is 1. The van der Waals surface area contributed by atoms with Gasteiger partial charge in [-0.15, -0.1) is 0 Å². The second-order valence-corrected chi connectivity index (χ2v) is 5.84. The molecule has 2 nitrogen and oxygen atoms in total. The van der Waals surface area contributed by atoms with Crippen LogP contribution in [0.25, 0.3) is 10.9 Å². The molecule has 0 fully saturated rings. The third kappa shape index (κ3) is 2.92. The predicted molar refractivity (Wildman–Crippen MR) is 83.9 cm³/mol. The summed E-state index contributed by atoms with van der Waals surface area (Å²) in [4.78, 5) is 14.2. The molecular formula is C16H20BrNO. The molecule has 0 saturated heterocycles. The van der Waals surface area contributed by atoms with Gasteiger partial charge in [0.25, 0.3) is 0 Å². The van der Waals surface area contributed by atoms with Crippen LogP contribution < -0.4 is 0 Å². The van der Waals surface area contributed by atoms with E-state index in [1.54, 1.807) is 0 Å². The maximum atomic E-state index is 10.9. The number of carbonyl (C=O) groups excluding carboxylic acids is 1. The summed E-state index contributed by atoms with van der Waals surface area (Å²) in [5, 5.41) is 1.24. The van der Waals surface area contributed by atoms with Crippen molar-refractivity contribution in [2.24, 2.45) is 0 Å². The monoisotopic (exact) mass is 321 g/mol. The second kappa shape index (κ2) is 6.38. The molecule has 0 bridgehead atoms. The highest BCUT2D eigenvalue weighted by Gasteiger charge is 2.18. The van der Waals surface area contributed by atoms with E-state index in [2.05, 4.69) is 40.8 Å². The Morgan fingerprint density at radius 2 is 1.95 bits per heavy atom. The number of benzene rings is 1. The molecule has 0 amide bonds. The quantitative estimate of drug-likeness (QED) is 0.707. The van der Waals surface area contributed by atoms with Gasteiger partial charge in [0.1, 0.15) is 6.29 Å². The van der Waals surface area contributed by atoms with Gasteiger partial charge >= 0.3 is 0 Å². The minimum Gasteiger partial charge on any atom is -0.349 e. The summed E-state index contributed by atoms with van der Waals surface area (Å²) >= 11 is 3.65. The van der Waals surface area contributed by atoms with Crippen molar-refractivity contribution in [3.63, 3.8) is 0 Å². The summed E-state index contributed by atoms with van der Waals surface area (Å²) in [5.41, 5.74) is 3.13. The lowest BCUT2D eigenvalue weighted by molar-refractivity contribution is 0.112. The summed E-state index contributed by atoms with van der Waals surface area (Å²) in [7, 11) is 0. The minimum atomic E-state index is 0.584. The molecule has 102 valence electrons. The van der Waals surface area contributed by atoms with Crippen molar-refractivity contribution in [1.29, 1.82) is 0 Å². The van der Waals surface area contributed by atoms with Gasteiger partial charge in [0, 0.05) is 16.5 Å². The number of halogens is 1. The van der Waals surface area contributed by atoms with Gasteiger partial charge in [-0.2, -0.15) is 0 Å². The molecule has 0 aliphatic heterocycles. The highest BCUT2D eigenvalue weighted by atomic mass is 79.9. The Bertz CT molecular complexity index is 567. The first-order valence-electron chi connectivity index (χ1n) is 6.97. The number of aromatic nitrogens is 1. The highest BCUT2D eigenvalue weighted by molar-refractivity contribution is 9.10. The largest absolute Gasteiger partial charge is 0.349 e. The molecule has 3 heteroatoms. The third-order valence-corrected chi connectivity index (χ3v) is 4.26. The van der Waals surface area contributed by atoms with Crippen LogP contribution in [0.1, 0.15) is 61.4 Å². The molecule has 1 N–H and O–H groups in total. The van der Waals surface area contributed by atoms with Crippen LogP contribution in [0, 0.1) is 0 Å². The van der Waals surface area contributed by atoms with Gasteiger partial charge in [-0.1, -0.05) is 38.8 Å².